The van der Waals surface area contributed by atoms with Crippen LogP contribution in [0.1, 0.15) is 96.5 Å². The van der Waals surface area contributed by atoms with E-state index in [0.29, 0.717) is 38.5 Å². The molecule has 5 bridgehead atoms. The summed E-state index contributed by atoms with van der Waals surface area (Å²) in [6.07, 6.45) is 6.02. The molecule has 314 valence electrons. The third-order valence-corrected chi connectivity index (χ3v) is 19.9. The summed E-state index contributed by atoms with van der Waals surface area (Å²) in [6.45, 7) is 4.49. The first-order valence-corrected chi connectivity index (χ1v) is 22.3. The molecule has 11 aliphatic rings. The van der Waals surface area contributed by atoms with E-state index >= 15 is 0 Å². The van der Waals surface area contributed by atoms with Crippen LogP contribution in [0.4, 0.5) is 5.69 Å². The van der Waals surface area contributed by atoms with Gasteiger partial charge in [0.25, 0.3) is 0 Å². The minimum atomic E-state index is -1.50. The van der Waals surface area contributed by atoms with Crippen molar-refractivity contribution in [2.24, 2.45) is 46.3 Å². The third-order valence-electron chi connectivity index (χ3n) is 19.9. The second-order valence-corrected chi connectivity index (χ2v) is 20.9. The second kappa shape index (κ2) is 12.1. The number of likely N-dealkylation sites (N-methyl/N-ethyl adjacent to an activating group) is 1. The van der Waals surface area contributed by atoms with Gasteiger partial charge in [0.1, 0.15) is 18.8 Å². The molecule has 0 unspecified atom stereocenters. The Labute approximate surface area is 340 Å². The van der Waals surface area contributed by atoms with Crippen LogP contribution in [0.25, 0.3) is 0 Å². The molecule has 12 rings (SSSR count). The highest BCUT2D eigenvalue weighted by atomic mass is 16.6. The Morgan fingerprint density at radius 3 is 2.52 bits per heavy atom. The van der Waals surface area contributed by atoms with Crippen molar-refractivity contribution in [1.82, 2.24) is 0 Å². The molecular weight excluding hydrogens is 741 g/mol. The Morgan fingerprint density at radius 2 is 1.78 bits per heavy atom. The molecule has 12 heteroatoms. The first kappa shape index (κ1) is 37.9. The number of hydrogen-bond donors (Lipinski definition) is 4. The number of benzene rings is 1. The Kier molecular flexibility index (Phi) is 7.90. The van der Waals surface area contributed by atoms with Crippen molar-refractivity contribution in [1.29, 1.82) is 0 Å². The molecule has 4 N–H and O–H groups in total. The lowest BCUT2D eigenvalue weighted by Gasteiger charge is -2.67. The molecule has 0 aromatic heterocycles. The van der Waals surface area contributed by atoms with Gasteiger partial charge in [-0.2, -0.15) is 0 Å². The van der Waals surface area contributed by atoms with Crippen molar-refractivity contribution in [3.8, 4) is 0 Å². The van der Waals surface area contributed by atoms with E-state index in [2.05, 4.69) is 44.0 Å². The first-order valence-electron chi connectivity index (χ1n) is 22.3. The van der Waals surface area contributed by atoms with E-state index in [1.54, 1.807) is 6.08 Å². The number of carbonyl (C=O) groups is 3. The fourth-order valence-corrected chi connectivity index (χ4v) is 17.9. The number of hydrogen-bond acceptors (Lipinski definition) is 11. The van der Waals surface area contributed by atoms with Gasteiger partial charge in [0.15, 0.2) is 12.8 Å². The Morgan fingerprint density at radius 1 is 1.00 bits per heavy atom. The van der Waals surface area contributed by atoms with Crippen molar-refractivity contribution < 1.29 is 53.5 Å². The number of carbonyl (C=O) groups excluding carboxylic acids is 3. The molecule has 5 saturated carbocycles. The topological polar surface area (TPSA) is 163 Å². The quantitative estimate of drug-likeness (QED) is 0.189. The summed E-state index contributed by atoms with van der Waals surface area (Å²) in [7, 11) is 3.48. The average Bonchev–Trinajstić information content (AvgIpc) is 3.89. The van der Waals surface area contributed by atoms with Crippen molar-refractivity contribution in [2.45, 2.75) is 144 Å². The predicted octanol–water partition coefficient (Wildman–Crippen LogP) is 3.51. The van der Waals surface area contributed by atoms with E-state index in [1.165, 1.54) is 12.7 Å². The van der Waals surface area contributed by atoms with Gasteiger partial charge in [-0.15, -0.1) is 0 Å². The minimum Gasteiger partial charge on any atom is -0.468 e. The standard InChI is InChI=1S/C46H61N2O10/c1-5-26-27-19-33-38-44(31-8-6-7-9-32(31)47(38)3)21-34(37(27)39(44)51)48(33,40(26)52)22-36(50)58-25-10-16-45(41(53)56-4)29-11-14-42(2)28(24-18-35(49)57-23-24)13-17-46(42,55)30(29)12-15-43(45,54)20-25/h6-9,18,25-30,33-34,37-40,51-52,54-55H,5,10-17,19-23H2,1-4H3/q+1/t25-,26-,27-,28+,29+,30+,33-,34-,37+,38-,39-,40+,42+,43-,44-,45+,46-,48-/m0/s1. The SMILES string of the molecule is CC[C@H]1[C@@H]2C[C@H]3[C@@H]4N(C)c5ccccc5[C@@]45C[C@@H]([C@@H]2[C@@H]5O)[N@@+]3(CC(=O)O[C@H]2CC[C@]3(C(=O)OC)[C@@H]4CC[C@]5(C)[C@@H](C6=CC(=O)OC6)CC[C@]5(O)[C@@H]4CC[C@]3(O)C2)[C@@H]1O. The van der Waals surface area contributed by atoms with Crippen LogP contribution < -0.4 is 4.90 Å². The number of anilines is 1. The minimum absolute atomic E-state index is 0.00132. The van der Waals surface area contributed by atoms with Gasteiger partial charge in [-0.25, -0.2) is 9.59 Å². The number of fused-ring (bicyclic) bond motifs is 7. The zero-order chi connectivity index (χ0) is 40.5. The number of para-hydroxylation sites is 1. The van der Waals surface area contributed by atoms with Gasteiger partial charge < -0.3 is 39.5 Å². The highest BCUT2D eigenvalue weighted by Crippen LogP contribution is 2.73. The Bertz CT molecular complexity index is 2010. The molecule has 4 saturated heterocycles. The summed E-state index contributed by atoms with van der Waals surface area (Å²) in [6, 6.07) is 8.21. The monoisotopic (exact) mass is 801 g/mol. The molecule has 1 aromatic rings. The molecule has 0 radical (unpaired) electrons. The van der Waals surface area contributed by atoms with Crippen LogP contribution in [-0.4, -0.2) is 118 Å². The van der Waals surface area contributed by atoms with Crippen LogP contribution in [0.5, 0.6) is 0 Å². The van der Waals surface area contributed by atoms with Crippen molar-refractivity contribution in [3.05, 3.63) is 41.5 Å². The normalized spacial score (nSPS) is 52.6. The zero-order valence-electron chi connectivity index (χ0n) is 34.3. The number of quaternary nitrogens is 1. The number of methoxy groups -OCH3 is 1. The van der Waals surface area contributed by atoms with Gasteiger partial charge >= 0.3 is 17.9 Å². The fourth-order valence-electron chi connectivity index (χ4n) is 17.9. The van der Waals surface area contributed by atoms with Crippen LogP contribution in [0.2, 0.25) is 0 Å². The number of aliphatic hydroxyl groups excluding tert-OH is 2. The molecule has 6 aliphatic heterocycles. The fraction of sp³-hybridized carbons (Fsp3) is 0.761. The number of aliphatic hydroxyl groups is 4. The van der Waals surface area contributed by atoms with Gasteiger partial charge in [-0.1, -0.05) is 32.0 Å². The maximum atomic E-state index is 14.6. The van der Waals surface area contributed by atoms with Crippen LogP contribution >= 0.6 is 0 Å². The predicted molar refractivity (Wildman–Crippen MR) is 208 cm³/mol. The summed E-state index contributed by atoms with van der Waals surface area (Å²) in [5.74, 6) is -1.64. The summed E-state index contributed by atoms with van der Waals surface area (Å²) in [4.78, 5) is 43.2. The van der Waals surface area contributed by atoms with Crippen LogP contribution in [0, 0.1) is 46.3 Å². The van der Waals surface area contributed by atoms with Crippen molar-refractivity contribution in [3.63, 3.8) is 0 Å². The van der Waals surface area contributed by atoms with E-state index in [4.69, 9.17) is 14.2 Å². The Balaban J connectivity index is 0.871. The molecule has 0 amide bonds. The number of piperidine rings is 4. The van der Waals surface area contributed by atoms with Crippen LogP contribution in [-0.2, 0) is 34.0 Å². The largest absolute Gasteiger partial charge is 0.468 e. The van der Waals surface area contributed by atoms with E-state index in [9.17, 15) is 34.8 Å². The van der Waals surface area contributed by atoms with Crippen LogP contribution in [0.3, 0.4) is 0 Å². The Hall–Kier alpha value is -3.03. The summed E-state index contributed by atoms with van der Waals surface area (Å²) in [5.41, 5.74) is -1.55. The molecule has 18 atom stereocenters. The maximum Gasteiger partial charge on any atom is 0.362 e. The van der Waals surface area contributed by atoms with Crippen LogP contribution in [0.15, 0.2) is 35.9 Å². The molecule has 9 fully saturated rings. The molecular formula is C46H61N2O10+. The number of nitrogens with zero attached hydrogens (tertiary/aromatic N) is 2. The number of esters is 3. The van der Waals surface area contributed by atoms with E-state index < -0.39 is 57.8 Å². The zero-order valence-corrected chi connectivity index (χ0v) is 34.3. The first-order chi connectivity index (χ1) is 27.7. The molecule has 5 aliphatic carbocycles. The van der Waals surface area contributed by atoms with Gasteiger partial charge in [-0.05, 0) is 98.7 Å². The maximum absolute atomic E-state index is 14.6. The summed E-state index contributed by atoms with van der Waals surface area (Å²) in [5, 5.41) is 50.6. The molecule has 1 aromatic carbocycles. The summed E-state index contributed by atoms with van der Waals surface area (Å²) >= 11 is 0. The molecule has 6 heterocycles. The number of cyclic esters (lactones) is 1. The lowest BCUT2D eigenvalue weighted by Crippen LogP contribution is -2.83. The smallest absolute Gasteiger partial charge is 0.362 e. The van der Waals surface area contributed by atoms with E-state index in [0.717, 1.165) is 30.5 Å². The highest BCUT2D eigenvalue weighted by Gasteiger charge is 2.83. The molecule has 12 nitrogen and oxygen atoms in total. The van der Waals surface area contributed by atoms with Gasteiger partial charge in [0.05, 0.1) is 47.3 Å². The summed E-state index contributed by atoms with van der Waals surface area (Å²) < 4.78 is 17.5. The number of ether oxygens (including phenoxy) is 3. The molecule has 1 spiro atoms. The molecule has 58 heavy (non-hydrogen) atoms. The average molecular weight is 802 g/mol. The lowest BCUT2D eigenvalue weighted by molar-refractivity contribution is -1.03. The number of rotatable bonds is 6. The third kappa shape index (κ3) is 4.14. The van der Waals surface area contributed by atoms with Gasteiger partial charge in [-0.3, -0.25) is 9.28 Å². The van der Waals surface area contributed by atoms with Crippen molar-refractivity contribution >= 4 is 23.6 Å². The lowest BCUT2D eigenvalue weighted by atomic mass is 9.41. The van der Waals surface area contributed by atoms with Gasteiger partial charge in [0.2, 0.25) is 0 Å². The van der Waals surface area contributed by atoms with Crippen molar-refractivity contribution in [2.75, 3.05) is 32.2 Å². The second-order valence-electron chi connectivity index (χ2n) is 20.9. The van der Waals surface area contributed by atoms with Gasteiger partial charge in [0, 0.05) is 55.3 Å². The highest BCUT2D eigenvalue weighted by molar-refractivity contribution is 5.85. The van der Waals surface area contributed by atoms with E-state index in [-0.39, 0.29) is 96.5 Å². The van der Waals surface area contributed by atoms with E-state index in [1.807, 2.05) is 6.07 Å².